The van der Waals surface area contributed by atoms with Crippen LogP contribution in [-0.4, -0.2) is 77.3 Å². The first-order chi connectivity index (χ1) is 23.2. The average Bonchev–Trinajstić information content (AvgIpc) is 3.72. The number of carbonyl (C=O) groups is 3. The molecule has 2 unspecified atom stereocenters. The molecule has 3 aliphatic heterocycles. The summed E-state index contributed by atoms with van der Waals surface area (Å²) in [7, 11) is 0. The standard InChI is InChI=1S/C39H45N3O6/c1-6-22-40(29-16-18-31(19-17-29)47-9-4)35(44)32-33-36(45)42(26(5)25-43)34(39(33)21-20-38(32,8-3)48-39)37(46)41(23-7-2)30-15-14-27-12-10-11-13-28(27)24-30/h6-7,10-19,24,26,32-34,43H,1-2,8-9,20-23,25H2,3-5H3/t26-,32+,33+,34?,38-,39?/m1/s1. The number of aliphatic hydroxyl groups is 1. The molecule has 0 saturated carbocycles. The summed E-state index contributed by atoms with van der Waals surface area (Å²) in [5, 5.41) is 12.4. The Labute approximate surface area is 282 Å². The highest BCUT2D eigenvalue weighted by molar-refractivity contribution is 6.07. The number of fused-ring (bicyclic) bond motifs is 2. The number of aliphatic hydroxyl groups excluding tert-OH is 1. The van der Waals surface area contributed by atoms with Gasteiger partial charge in [0.25, 0.3) is 5.91 Å². The van der Waals surface area contributed by atoms with E-state index in [0.717, 1.165) is 10.8 Å². The maximum atomic E-state index is 15.0. The van der Waals surface area contributed by atoms with Gasteiger partial charge in [-0.2, -0.15) is 0 Å². The topological polar surface area (TPSA) is 99.6 Å². The highest BCUT2D eigenvalue weighted by atomic mass is 16.5. The van der Waals surface area contributed by atoms with Crippen molar-refractivity contribution in [1.29, 1.82) is 0 Å². The van der Waals surface area contributed by atoms with E-state index in [1.54, 1.807) is 28.9 Å². The van der Waals surface area contributed by atoms with Gasteiger partial charge in [0.2, 0.25) is 11.8 Å². The monoisotopic (exact) mass is 651 g/mol. The van der Waals surface area contributed by atoms with Crippen LogP contribution in [0.3, 0.4) is 0 Å². The third-order valence-corrected chi connectivity index (χ3v) is 10.5. The molecule has 0 aliphatic carbocycles. The smallest absolute Gasteiger partial charge is 0.253 e. The lowest BCUT2D eigenvalue weighted by molar-refractivity contribution is -0.149. The molecule has 3 amide bonds. The lowest BCUT2D eigenvalue weighted by Crippen LogP contribution is -2.58. The first kappa shape index (κ1) is 33.4. The number of anilines is 2. The molecule has 1 spiro atoms. The predicted molar refractivity (Wildman–Crippen MR) is 187 cm³/mol. The SMILES string of the molecule is C=CCN(C(=O)C1N([C@H](C)CO)C(=O)[C@@H]2[C@@H](C(=O)N(CC=C)c3ccc(OCC)cc3)[C@@]3(CC)CCC12O3)c1ccc2ccccc2c1. The summed E-state index contributed by atoms with van der Waals surface area (Å²) in [6.45, 7) is 14.0. The summed E-state index contributed by atoms with van der Waals surface area (Å²) in [5.41, 5.74) is -0.858. The Bertz CT molecular complexity index is 1720. The molecule has 9 heteroatoms. The van der Waals surface area contributed by atoms with Crippen molar-refractivity contribution in [1.82, 2.24) is 4.90 Å². The van der Waals surface area contributed by atoms with E-state index in [9.17, 15) is 19.5 Å². The number of carbonyl (C=O) groups excluding carboxylic acids is 3. The number of ether oxygens (including phenoxy) is 2. The van der Waals surface area contributed by atoms with Gasteiger partial charge in [0.1, 0.15) is 17.4 Å². The molecular weight excluding hydrogens is 606 g/mol. The van der Waals surface area contributed by atoms with Crippen molar-refractivity contribution >= 4 is 39.9 Å². The van der Waals surface area contributed by atoms with Crippen molar-refractivity contribution in [3.63, 3.8) is 0 Å². The van der Waals surface area contributed by atoms with Crippen molar-refractivity contribution < 1.29 is 29.0 Å². The minimum Gasteiger partial charge on any atom is -0.494 e. The number of benzene rings is 3. The summed E-state index contributed by atoms with van der Waals surface area (Å²) < 4.78 is 12.6. The Morgan fingerprint density at radius 2 is 1.62 bits per heavy atom. The summed E-state index contributed by atoms with van der Waals surface area (Å²) in [6, 6.07) is 19.3. The highest BCUT2D eigenvalue weighted by Gasteiger charge is 2.79. The van der Waals surface area contributed by atoms with Gasteiger partial charge in [-0.25, -0.2) is 0 Å². The van der Waals surface area contributed by atoms with E-state index in [1.807, 2.05) is 80.6 Å². The molecule has 6 atom stereocenters. The fraction of sp³-hybridized carbons (Fsp3) is 0.410. The third kappa shape index (κ3) is 5.20. The van der Waals surface area contributed by atoms with Crippen LogP contribution < -0.4 is 14.5 Å². The molecule has 3 heterocycles. The molecule has 3 saturated heterocycles. The lowest BCUT2D eigenvalue weighted by atomic mass is 9.64. The molecule has 6 rings (SSSR count). The second-order valence-electron chi connectivity index (χ2n) is 13.0. The van der Waals surface area contributed by atoms with Crippen molar-refractivity contribution in [2.24, 2.45) is 11.8 Å². The van der Waals surface area contributed by atoms with E-state index in [0.29, 0.717) is 43.0 Å². The van der Waals surface area contributed by atoms with E-state index in [-0.39, 0.29) is 37.4 Å². The van der Waals surface area contributed by atoms with E-state index in [4.69, 9.17) is 9.47 Å². The zero-order chi connectivity index (χ0) is 34.2. The van der Waals surface area contributed by atoms with Crippen LogP contribution in [0.15, 0.2) is 92.0 Å². The Balaban J connectivity index is 1.44. The number of likely N-dealkylation sites (tertiary alicyclic amines) is 1. The minimum absolute atomic E-state index is 0.204. The summed E-state index contributed by atoms with van der Waals surface area (Å²) in [5.74, 6) is -1.96. The first-order valence-corrected chi connectivity index (χ1v) is 16.9. The van der Waals surface area contributed by atoms with Crippen molar-refractivity contribution in [2.75, 3.05) is 36.1 Å². The van der Waals surface area contributed by atoms with Gasteiger partial charge in [-0.3, -0.25) is 14.4 Å². The Morgan fingerprint density at radius 3 is 2.25 bits per heavy atom. The number of hydrogen-bond donors (Lipinski definition) is 1. The number of hydrogen-bond acceptors (Lipinski definition) is 6. The van der Waals surface area contributed by atoms with Gasteiger partial charge in [-0.15, -0.1) is 13.2 Å². The summed E-state index contributed by atoms with van der Waals surface area (Å²) >= 11 is 0. The normalized spacial score (nSPS) is 26.3. The molecule has 3 aromatic carbocycles. The molecule has 0 radical (unpaired) electrons. The number of amides is 3. The average molecular weight is 652 g/mol. The molecule has 0 aromatic heterocycles. The minimum atomic E-state index is -1.25. The van der Waals surface area contributed by atoms with E-state index < -0.39 is 35.1 Å². The second-order valence-corrected chi connectivity index (χ2v) is 13.0. The van der Waals surface area contributed by atoms with Crippen molar-refractivity contribution in [3.05, 3.63) is 92.0 Å². The zero-order valence-corrected chi connectivity index (χ0v) is 28.0. The van der Waals surface area contributed by atoms with Crippen LogP contribution in [0, 0.1) is 11.8 Å². The predicted octanol–water partition coefficient (Wildman–Crippen LogP) is 5.51. The molecule has 3 fully saturated rings. The van der Waals surface area contributed by atoms with Crippen molar-refractivity contribution in [2.45, 2.75) is 63.3 Å². The summed E-state index contributed by atoms with van der Waals surface area (Å²) in [4.78, 5) is 49.3. The van der Waals surface area contributed by atoms with Crippen LogP contribution >= 0.6 is 0 Å². The molecule has 2 bridgehead atoms. The zero-order valence-electron chi connectivity index (χ0n) is 28.0. The maximum Gasteiger partial charge on any atom is 0.253 e. The molecule has 3 aliphatic rings. The van der Waals surface area contributed by atoms with Crippen LogP contribution in [0.1, 0.15) is 40.0 Å². The molecule has 3 aromatic rings. The van der Waals surface area contributed by atoms with Crippen LogP contribution in [0.4, 0.5) is 11.4 Å². The van der Waals surface area contributed by atoms with E-state index >= 15 is 0 Å². The quantitative estimate of drug-likeness (QED) is 0.245. The van der Waals surface area contributed by atoms with Crippen LogP contribution in [0.2, 0.25) is 0 Å². The second kappa shape index (κ2) is 13.2. The van der Waals surface area contributed by atoms with Crippen molar-refractivity contribution in [3.8, 4) is 5.75 Å². The van der Waals surface area contributed by atoms with Gasteiger partial charge in [-0.1, -0.05) is 49.4 Å². The van der Waals surface area contributed by atoms with Gasteiger partial charge in [-0.05, 0) is 80.3 Å². The number of nitrogens with zero attached hydrogens (tertiary/aromatic N) is 3. The summed E-state index contributed by atoms with van der Waals surface area (Å²) in [6.07, 6.45) is 4.79. The van der Waals surface area contributed by atoms with Crippen LogP contribution in [0.5, 0.6) is 5.75 Å². The fourth-order valence-electron chi connectivity index (χ4n) is 8.33. The van der Waals surface area contributed by atoms with Gasteiger partial charge in [0, 0.05) is 24.5 Å². The van der Waals surface area contributed by atoms with Gasteiger partial charge in [0.15, 0.2) is 0 Å². The van der Waals surface area contributed by atoms with E-state index in [2.05, 4.69) is 13.2 Å². The highest BCUT2D eigenvalue weighted by Crippen LogP contribution is 2.65. The Hall–Kier alpha value is -4.47. The third-order valence-electron chi connectivity index (χ3n) is 10.5. The van der Waals surface area contributed by atoms with Gasteiger partial charge >= 0.3 is 0 Å². The van der Waals surface area contributed by atoms with Gasteiger partial charge < -0.3 is 29.3 Å². The Kier molecular flexibility index (Phi) is 9.20. The van der Waals surface area contributed by atoms with Crippen LogP contribution in [0.25, 0.3) is 10.8 Å². The lowest BCUT2D eigenvalue weighted by Gasteiger charge is -2.38. The van der Waals surface area contributed by atoms with E-state index in [1.165, 1.54) is 4.90 Å². The van der Waals surface area contributed by atoms with Crippen LogP contribution in [-0.2, 0) is 19.1 Å². The molecule has 1 N–H and O–H groups in total. The molecule has 252 valence electrons. The number of rotatable bonds is 13. The first-order valence-electron chi connectivity index (χ1n) is 16.9. The molecular formula is C39H45N3O6. The molecule has 9 nitrogen and oxygen atoms in total. The fourth-order valence-corrected chi connectivity index (χ4v) is 8.33. The Morgan fingerprint density at radius 1 is 0.979 bits per heavy atom. The largest absolute Gasteiger partial charge is 0.494 e. The molecule has 48 heavy (non-hydrogen) atoms. The van der Waals surface area contributed by atoms with Gasteiger partial charge in [0.05, 0.1) is 36.7 Å². The maximum absolute atomic E-state index is 15.0.